The molecule has 0 unspecified atom stereocenters. The van der Waals surface area contributed by atoms with Crippen molar-refractivity contribution in [2.24, 2.45) is 0 Å². The molecule has 0 N–H and O–H groups in total. The summed E-state index contributed by atoms with van der Waals surface area (Å²) in [7, 11) is -2.39. The van der Waals surface area contributed by atoms with Crippen LogP contribution in [-0.4, -0.2) is 57.2 Å². The van der Waals surface area contributed by atoms with Crippen molar-refractivity contribution in [1.82, 2.24) is 19.5 Å². The fraction of sp³-hybridized carbons (Fsp3) is 0.583. The van der Waals surface area contributed by atoms with Gasteiger partial charge in [-0.3, -0.25) is 0 Å². The van der Waals surface area contributed by atoms with Crippen LogP contribution in [0, 0.1) is 0 Å². The first-order valence-electron chi connectivity index (χ1n) is 6.80. The van der Waals surface area contributed by atoms with Gasteiger partial charge in [0, 0.05) is 6.54 Å². The van der Waals surface area contributed by atoms with E-state index in [9.17, 15) is 26.3 Å². The highest BCUT2D eigenvalue weighted by molar-refractivity contribution is 7.57. The summed E-state index contributed by atoms with van der Waals surface area (Å²) in [5.41, 5.74) is 0.747. The quantitative estimate of drug-likeness (QED) is 0.300. The van der Waals surface area contributed by atoms with Crippen LogP contribution in [0.5, 0.6) is 0 Å². The lowest BCUT2D eigenvalue weighted by atomic mass is 10.5. The number of imidazole rings is 1. The van der Waals surface area contributed by atoms with Gasteiger partial charge in [0.2, 0.25) is 0 Å². The number of hydrogen-bond donors (Lipinski definition) is 0. The van der Waals surface area contributed by atoms with E-state index in [1.807, 2.05) is 0 Å². The summed E-state index contributed by atoms with van der Waals surface area (Å²) in [6, 6.07) is 0. The molecule has 140 valence electrons. The lowest BCUT2D eigenvalue weighted by Crippen LogP contribution is -2.22. The van der Waals surface area contributed by atoms with Gasteiger partial charge in [-0.05, 0) is 0 Å². The number of alkyl halides is 6. The third-order valence-corrected chi connectivity index (χ3v) is 5.35. The fourth-order valence-corrected chi connectivity index (χ4v) is 3.90. The van der Waals surface area contributed by atoms with Crippen LogP contribution in [0.25, 0.3) is 11.2 Å². The third-order valence-electron chi connectivity index (χ3n) is 2.91. The normalized spacial score (nSPS) is 13.1. The van der Waals surface area contributed by atoms with E-state index in [1.165, 1.54) is 17.2 Å². The first-order valence-corrected chi connectivity index (χ1v) is 9.07. The first-order chi connectivity index (χ1) is 11.6. The molecule has 0 aromatic carbocycles. The van der Waals surface area contributed by atoms with E-state index in [4.69, 9.17) is 16.3 Å². The van der Waals surface area contributed by atoms with Gasteiger partial charge in [-0.1, -0.05) is 19.5 Å². The van der Waals surface area contributed by atoms with Crippen molar-refractivity contribution in [1.29, 1.82) is 0 Å². The molecule has 0 saturated carbocycles. The Morgan fingerprint density at radius 2 is 1.68 bits per heavy atom. The second-order valence-electron chi connectivity index (χ2n) is 5.03. The van der Waals surface area contributed by atoms with Gasteiger partial charge >= 0.3 is 12.4 Å². The SMILES string of the molecule is FC(F)(F)CP(COCCn1cnc2c(Cl)ncnc21)CC(F)(F)F. The molecule has 2 heterocycles. The lowest BCUT2D eigenvalue weighted by Gasteiger charge is -2.20. The van der Waals surface area contributed by atoms with Crippen LogP contribution in [0.3, 0.4) is 0 Å². The number of hydrogen-bond acceptors (Lipinski definition) is 4. The zero-order valence-corrected chi connectivity index (χ0v) is 14.1. The molecule has 0 saturated heterocycles. The van der Waals surface area contributed by atoms with Crippen LogP contribution < -0.4 is 0 Å². The maximum atomic E-state index is 12.4. The molecule has 2 aromatic rings. The Bertz CT molecular complexity index is 691. The topological polar surface area (TPSA) is 52.8 Å². The van der Waals surface area contributed by atoms with Crippen LogP contribution in [0.4, 0.5) is 26.3 Å². The Labute approximate surface area is 144 Å². The molecule has 13 heteroatoms. The number of rotatable bonds is 7. The summed E-state index contributed by atoms with van der Waals surface area (Å²) in [5.74, 6) is 0. The molecule has 0 aliphatic rings. The molecular formula is C12H12ClF6N4OP. The number of ether oxygens (including phenoxy) is 1. The van der Waals surface area contributed by atoms with Crippen LogP contribution >= 0.6 is 19.5 Å². The Hall–Kier alpha value is -1.19. The Kier molecular flexibility index (Phi) is 6.45. The zero-order chi connectivity index (χ0) is 18.7. The minimum absolute atomic E-state index is 0.0817. The van der Waals surface area contributed by atoms with Gasteiger partial charge in [-0.2, -0.15) is 26.3 Å². The molecule has 0 spiro atoms. The van der Waals surface area contributed by atoms with E-state index in [-0.39, 0.29) is 18.3 Å². The van der Waals surface area contributed by atoms with Gasteiger partial charge in [-0.25, -0.2) is 15.0 Å². The highest BCUT2D eigenvalue weighted by Crippen LogP contribution is 2.45. The Balaban J connectivity index is 1.89. The van der Waals surface area contributed by atoms with E-state index in [0.29, 0.717) is 11.2 Å². The van der Waals surface area contributed by atoms with Gasteiger partial charge in [0.1, 0.15) is 11.8 Å². The average Bonchev–Trinajstić information content (AvgIpc) is 2.85. The summed E-state index contributed by atoms with van der Waals surface area (Å²) in [6.45, 7) is 0.0761. The first kappa shape index (κ1) is 20.1. The van der Waals surface area contributed by atoms with E-state index in [1.54, 1.807) is 0 Å². The summed E-state index contributed by atoms with van der Waals surface area (Å²) in [6.07, 6.45) is -10.3. The standard InChI is InChI=1S/C12H12ClF6N4OP/c13-9-8-10(21-5-20-9)23(6-22-8)1-2-24-7-25(3-11(14,15)16)4-12(17,18)19/h5-6H,1-4,7H2. The number of aromatic nitrogens is 4. The number of nitrogens with zero attached hydrogens (tertiary/aromatic N) is 4. The van der Waals surface area contributed by atoms with Crippen molar-refractivity contribution in [3.8, 4) is 0 Å². The van der Waals surface area contributed by atoms with Gasteiger partial charge in [0.05, 0.1) is 31.6 Å². The highest BCUT2D eigenvalue weighted by Gasteiger charge is 2.38. The van der Waals surface area contributed by atoms with Gasteiger partial charge in [-0.15, -0.1) is 0 Å². The average molecular weight is 409 g/mol. The van der Waals surface area contributed by atoms with Crippen LogP contribution in [0.15, 0.2) is 12.7 Å². The predicted octanol–water partition coefficient (Wildman–Crippen LogP) is 4.06. The molecule has 0 fully saturated rings. The molecular weight excluding hydrogens is 397 g/mol. The highest BCUT2D eigenvalue weighted by atomic mass is 35.5. The Morgan fingerprint density at radius 1 is 1.04 bits per heavy atom. The molecule has 0 radical (unpaired) electrons. The van der Waals surface area contributed by atoms with Crippen molar-refractivity contribution in [2.45, 2.75) is 18.9 Å². The van der Waals surface area contributed by atoms with Gasteiger partial charge in [0.25, 0.3) is 0 Å². The van der Waals surface area contributed by atoms with Crippen molar-refractivity contribution >= 4 is 30.7 Å². The van der Waals surface area contributed by atoms with E-state index >= 15 is 0 Å². The largest absolute Gasteiger partial charge is 0.392 e. The van der Waals surface area contributed by atoms with Crippen molar-refractivity contribution in [3.05, 3.63) is 17.8 Å². The van der Waals surface area contributed by atoms with E-state index in [0.717, 1.165) is 0 Å². The minimum atomic E-state index is -4.66. The summed E-state index contributed by atoms with van der Waals surface area (Å²) in [4.78, 5) is 11.7. The minimum Gasteiger partial charge on any atom is -0.375 e. The van der Waals surface area contributed by atoms with Gasteiger partial charge in [0.15, 0.2) is 10.8 Å². The molecule has 0 amide bonds. The summed E-state index contributed by atoms with van der Waals surface area (Å²) < 4.78 is 80.8. The van der Waals surface area contributed by atoms with Crippen molar-refractivity contribution in [2.75, 3.05) is 25.3 Å². The molecule has 2 rings (SSSR count). The molecule has 0 aliphatic heterocycles. The molecule has 5 nitrogen and oxygen atoms in total. The summed E-state index contributed by atoms with van der Waals surface area (Å²) in [5, 5.41) is 0.142. The molecule has 2 aromatic heterocycles. The molecule has 0 aliphatic carbocycles. The fourth-order valence-electron chi connectivity index (χ4n) is 2.03. The number of halogens is 7. The monoisotopic (exact) mass is 408 g/mol. The van der Waals surface area contributed by atoms with Gasteiger partial charge < -0.3 is 9.30 Å². The summed E-state index contributed by atoms with van der Waals surface area (Å²) >= 11 is 5.83. The molecule has 0 atom stereocenters. The lowest BCUT2D eigenvalue weighted by molar-refractivity contribution is -0.112. The van der Waals surface area contributed by atoms with E-state index in [2.05, 4.69) is 15.0 Å². The van der Waals surface area contributed by atoms with Crippen molar-refractivity contribution < 1.29 is 31.1 Å². The molecule has 0 bridgehead atoms. The second kappa shape index (κ2) is 8.01. The number of fused-ring (bicyclic) bond motifs is 1. The zero-order valence-electron chi connectivity index (χ0n) is 12.5. The van der Waals surface area contributed by atoms with Crippen LogP contribution in [-0.2, 0) is 11.3 Å². The maximum Gasteiger partial charge on any atom is 0.392 e. The Morgan fingerprint density at radius 3 is 2.28 bits per heavy atom. The maximum absolute atomic E-state index is 12.4. The van der Waals surface area contributed by atoms with Crippen molar-refractivity contribution in [3.63, 3.8) is 0 Å². The molecule has 25 heavy (non-hydrogen) atoms. The van der Waals surface area contributed by atoms with E-state index < -0.39 is 38.9 Å². The van der Waals surface area contributed by atoms with Crippen LogP contribution in [0.1, 0.15) is 0 Å². The third kappa shape index (κ3) is 6.56. The second-order valence-corrected chi connectivity index (χ2v) is 7.62. The smallest absolute Gasteiger partial charge is 0.375 e. The predicted molar refractivity (Wildman–Crippen MR) is 79.9 cm³/mol. The van der Waals surface area contributed by atoms with Crippen LogP contribution in [0.2, 0.25) is 5.15 Å².